The molecule has 0 amide bonds. The Balaban J connectivity index is 2.78. The monoisotopic (exact) mass is 154 g/mol. The smallest absolute Gasteiger partial charge is 0.138 e. The summed E-state index contributed by atoms with van der Waals surface area (Å²) >= 11 is 0. The van der Waals surface area contributed by atoms with Crippen LogP contribution in [0.3, 0.4) is 0 Å². The number of nitrogens with zero attached hydrogens (tertiary/aromatic N) is 3. The second-order valence-electron chi connectivity index (χ2n) is 2.78. The van der Waals surface area contributed by atoms with Crippen molar-refractivity contribution in [1.29, 1.82) is 0 Å². The molecule has 1 rings (SSSR count). The maximum Gasteiger partial charge on any atom is 0.138 e. The Bertz CT molecular complexity index is 216. The van der Waals surface area contributed by atoms with Gasteiger partial charge in [0.1, 0.15) is 12.2 Å². The minimum Gasteiger partial charge on any atom is -0.329 e. The fourth-order valence-corrected chi connectivity index (χ4v) is 1.01. The van der Waals surface area contributed by atoms with E-state index in [4.69, 9.17) is 5.73 Å². The summed E-state index contributed by atoms with van der Waals surface area (Å²) in [5.74, 6) is 1.43. The summed E-state index contributed by atoms with van der Waals surface area (Å²) in [4.78, 5) is 4.13. The molecule has 4 nitrogen and oxygen atoms in total. The highest BCUT2D eigenvalue weighted by atomic mass is 15.3. The molecule has 0 aliphatic heterocycles. The van der Waals surface area contributed by atoms with Gasteiger partial charge in [-0.05, 0) is 0 Å². The third kappa shape index (κ3) is 1.77. The van der Waals surface area contributed by atoms with E-state index in [0.29, 0.717) is 12.5 Å². The molecule has 2 N–H and O–H groups in total. The van der Waals surface area contributed by atoms with Crippen molar-refractivity contribution in [3.05, 3.63) is 12.2 Å². The Morgan fingerprint density at radius 1 is 1.64 bits per heavy atom. The van der Waals surface area contributed by atoms with Crippen molar-refractivity contribution >= 4 is 0 Å². The predicted molar refractivity (Wildman–Crippen MR) is 43.2 cm³/mol. The zero-order chi connectivity index (χ0) is 8.27. The maximum absolute atomic E-state index is 5.40. The molecule has 0 aromatic carbocycles. The predicted octanol–water partition coefficient (Wildman–Crippen LogP) is 0.360. The average molecular weight is 154 g/mol. The fraction of sp³-hybridized carbons (Fsp3) is 0.714. The SMILES string of the molecule is CC(C)c1ncnn1CCN. The minimum atomic E-state index is 0.420. The van der Waals surface area contributed by atoms with Crippen LogP contribution in [0.15, 0.2) is 6.33 Å². The van der Waals surface area contributed by atoms with Crippen LogP contribution in [0.1, 0.15) is 25.6 Å². The normalized spacial score (nSPS) is 10.9. The molecule has 1 aromatic rings. The lowest BCUT2D eigenvalue weighted by Gasteiger charge is -2.05. The lowest BCUT2D eigenvalue weighted by atomic mass is 10.2. The third-order valence-electron chi connectivity index (χ3n) is 1.50. The van der Waals surface area contributed by atoms with Gasteiger partial charge >= 0.3 is 0 Å². The topological polar surface area (TPSA) is 56.7 Å². The molecule has 0 radical (unpaired) electrons. The number of hydrogen-bond donors (Lipinski definition) is 1. The van der Waals surface area contributed by atoms with Crippen LogP contribution < -0.4 is 5.73 Å². The summed E-state index contributed by atoms with van der Waals surface area (Å²) in [7, 11) is 0. The highest BCUT2D eigenvalue weighted by Crippen LogP contribution is 2.08. The van der Waals surface area contributed by atoms with Crippen molar-refractivity contribution in [1.82, 2.24) is 14.8 Å². The van der Waals surface area contributed by atoms with Gasteiger partial charge < -0.3 is 5.73 Å². The summed E-state index contributed by atoms with van der Waals surface area (Å²) in [5, 5.41) is 4.05. The number of hydrogen-bond acceptors (Lipinski definition) is 3. The van der Waals surface area contributed by atoms with Crippen LogP contribution in [0.4, 0.5) is 0 Å². The lowest BCUT2D eigenvalue weighted by molar-refractivity contribution is 0.567. The van der Waals surface area contributed by atoms with E-state index < -0.39 is 0 Å². The summed E-state index contributed by atoms with van der Waals surface area (Å²) in [6.45, 7) is 5.56. The van der Waals surface area contributed by atoms with Crippen LogP contribution in [-0.4, -0.2) is 21.3 Å². The van der Waals surface area contributed by atoms with Crippen LogP contribution in [0.2, 0.25) is 0 Å². The Morgan fingerprint density at radius 2 is 2.36 bits per heavy atom. The molecule has 0 unspecified atom stereocenters. The van der Waals surface area contributed by atoms with Crippen molar-refractivity contribution in [2.45, 2.75) is 26.3 Å². The van der Waals surface area contributed by atoms with E-state index in [1.807, 2.05) is 4.68 Å². The first-order valence-corrected chi connectivity index (χ1v) is 3.83. The first-order chi connectivity index (χ1) is 5.25. The fourth-order valence-electron chi connectivity index (χ4n) is 1.01. The van der Waals surface area contributed by atoms with Crippen molar-refractivity contribution in [3.63, 3.8) is 0 Å². The molecule has 11 heavy (non-hydrogen) atoms. The number of aromatic nitrogens is 3. The Hall–Kier alpha value is -0.900. The second kappa shape index (κ2) is 3.48. The van der Waals surface area contributed by atoms with Crippen molar-refractivity contribution in [3.8, 4) is 0 Å². The standard InChI is InChI=1S/C7H14N4/c1-6(2)7-9-5-10-11(7)4-3-8/h5-6H,3-4,8H2,1-2H3. The molecule has 62 valence electrons. The van der Waals surface area contributed by atoms with Gasteiger partial charge in [0.05, 0.1) is 6.54 Å². The Kier molecular flexibility index (Phi) is 2.59. The molecule has 0 atom stereocenters. The molecule has 0 fully saturated rings. The van der Waals surface area contributed by atoms with Gasteiger partial charge in [-0.1, -0.05) is 13.8 Å². The van der Waals surface area contributed by atoms with Gasteiger partial charge in [-0.3, -0.25) is 0 Å². The van der Waals surface area contributed by atoms with Gasteiger partial charge in [0.15, 0.2) is 0 Å². The summed E-state index contributed by atoms with van der Waals surface area (Å²) in [6, 6.07) is 0. The van der Waals surface area contributed by atoms with Crippen LogP contribution >= 0.6 is 0 Å². The maximum atomic E-state index is 5.40. The van der Waals surface area contributed by atoms with Crippen LogP contribution in [0.5, 0.6) is 0 Å². The van der Waals surface area contributed by atoms with E-state index in [-0.39, 0.29) is 0 Å². The molecule has 0 saturated heterocycles. The van der Waals surface area contributed by atoms with E-state index in [2.05, 4.69) is 23.9 Å². The molecule has 0 aliphatic rings. The molecule has 0 spiro atoms. The van der Waals surface area contributed by atoms with Gasteiger partial charge in [0, 0.05) is 12.5 Å². The van der Waals surface area contributed by atoms with Crippen LogP contribution in [0, 0.1) is 0 Å². The molecule has 4 heteroatoms. The average Bonchev–Trinajstić information content (AvgIpc) is 2.36. The highest BCUT2D eigenvalue weighted by molar-refractivity contribution is 4.90. The van der Waals surface area contributed by atoms with E-state index in [1.54, 1.807) is 6.33 Å². The van der Waals surface area contributed by atoms with Crippen LogP contribution in [0.25, 0.3) is 0 Å². The van der Waals surface area contributed by atoms with Crippen molar-refractivity contribution in [2.75, 3.05) is 6.54 Å². The molecular weight excluding hydrogens is 140 g/mol. The van der Waals surface area contributed by atoms with E-state index in [9.17, 15) is 0 Å². The largest absolute Gasteiger partial charge is 0.329 e. The van der Waals surface area contributed by atoms with Gasteiger partial charge in [0.2, 0.25) is 0 Å². The summed E-state index contributed by atoms with van der Waals surface area (Å²) < 4.78 is 1.85. The molecule has 0 bridgehead atoms. The Morgan fingerprint density at radius 3 is 2.91 bits per heavy atom. The Labute approximate surface area is 66.4 Å². The molecule has 1 aromatic heterocycles. The van der Waals surface area contributed by atoms with Gasteiger partial charge in [-0.15, -0.1) is 0 Å². The molecule has 0 saturated carbocycles. The molecule has 1 heterocycles. The van der Waals surface area contributed by atoms with E-state index in [0.717, 1.165) is 12.4 Å². The summed E-state index contributed by atoms with van der Waals surface area (Å²) in [6.07, 6.45) is 1.57. The van der Waals surface area contributed by atoms with E-state index >= 15 is 0 Å². The zero-order valence-electron chi connectivity index (χ0n) is 6.99. The van der Waals surface area contributed by atoms with Crippen molar-refractivity contribution in [2.24, 2.45) is 5.73 Å². The minimum absolute atomic E-state index is 0.420. The zero-order valence-corrected chi connectivity index (χ0v) is 6.99. The first kappa shape index (κ1) is 8.20. The molecule has 0 aliphatic carbocycles. The second-order valence-corrected chi connectivity index (χ2v) is 2.78. The van der Waals surface area contributed by atoms with Crippen molar-refractivity contribution < 1.29 is 0 Å². The molecular formula is C7H14N4. The quantitative estimate of drug-likeness (QED) is 0.684. The first-order valence-electron chi connectivity index (χ1n) is 3.83. The number of rotatable bonds is 3. The summed E-state index contributed by atoms with van der Waals surface area (Å²) in [5.41, 5.74) is 5.40. The number of nitrogens with two attached hydrogens (primary N) is 1. The van der Waals surface area contributed by atoms with E-state index in [1.165, 1.54) is 0 Å². The van der Waals surface area contributed by atoms with Crippen LogP contribution in [-0.2, 0) is 6.54 Å². The van der Waals surface area contributed by atoms with Gasteiger partial charge in [0.25, 0.3) is 0 Å². The third-order valence-corrected chi connectivity index (χ3v) is 1.50. The van der Waals surface area contributed by atoms with Gasteiger partial charge in [-0.2, -0.15) is 5.10 Å². The lowest BCUT2D eigenvalue weighted by Crippen LogP contribution is -2.14. The van der Waals surface area contributed by atoms with Gasteiger partial charge in [-0.25, -0.2) is 9.67 Å². The highest BCUT2D eigenvalue weighted by Gasteiger charge is 2.06.